The fourth-order valence-electron chi connectivity index (χ4n) is 2.07. The summed E-state index contributed by atoms with van der Waals surface area (Å²) in [6, 6.07) is 2.21. The summed E-state index contributed by atoms with van der Waals surface area (Å²) >= 11 is 16.8. The number of hydrogen-bond donors (Lipinski definition) is 0. The first-order valence-corrected chi connectivity index (χ1v) is 10.3. The lowest BCUT2D eigenvalue weighted by molar-refractivity contribution is -0.136. The SMILES string of the molecule is O=C(Cl)c1nc2c(C(F)(F)F)cc(-c3coc(Cl)c3)cn2c1Cl.O=S(Cl)Cl. The Morgan fingerprint density at radius 2 is 1.78 bits per heavy atom. The molecule has 3 aromatic rings. The second kappa shape index (κ2) is 8.59. The normalized spacial score (nSPS) is 11.6. The predicted octanol–water partition coefficient (Wildman–Crippen LogP) is 6.34. The van der Waals surface area contributed by atoms with Gasteiger partial charge in [0.2, 0.25) is 9.23 Å². The molecule has 0 aliphatic carbocycles. The summed E-state index contributed by atoms with van der Waals surface area (Å²) in [6.45, 7) is 0. The van der Waals surface area contributed by atoms with Crippen LogP contribution >= 0.6 is 56.2 Å². The third kappa shape index (κ3) is 5.30. The van der Waals surface area contributed by atoms with Gasteiger partial charge >= 0.3 is 6.18 Å². The van der Waals surface area contributed by atoms with Crippen molar-refractivity contribution in [1.29, 1.82) is 0 Å². The fraction of sp³-hybridized carbons (Fsp3) is 0.0769. The summed E-state index contributed by atoms with van der Waals surface area (Å²) in [6.07, 6.45) is -2.24. The quantitative estimate of drug-likeness (QED) is 0.384. The molecular weight excluding hydrogens is 498 g/mol. The number of furan rings is 1. The first-order chi connectivity index (χ1) is 12.4. The van der Waals surface area contributed by atoms with Crippen molar-refractivity contribution in [2.45, 2.75) is 6.18 Å². The van der Waals surface area contributed by atoms with Gasteiger partial charge in [0.1, 0.15) is 11.4 Å². The molecule has 27 heavy (non-hydrogen) atoms. The van der Waals surface area contributed by atoms with Crippen LogP contribution in [0.2, 0.25) is 10.4 Å². The average Bonchev–Trinajstić information content (AvgIpc) is 3.09. The van der Waals surface area contributed by atoms with Gasteiger partial charge in [0.05, 0.1) is 5.56 Å². The van der Waals surface area contributed by atoms with Gasteiger partial charge in [0.15, 0.2) is 16.6 Å². The van der Waals surface area contributed by atoms with Gasteiger partial charge < -0.3 is 4.42 Å². The number of carbonyl (C=O) groups excluding carboxylic acids is 1. The number of nitrogens with zero attached hydrogens (tertiary/aromatic N) is 2. The molecule has 0 N–H and O–H groups in total. The molecule has 0 aliphatic rings. The molecular formula is C13H4Cl5F3N2O3S. The van der Waals surface area contributed by atoms with Crippen LogP contribution in [0.15, 0.2) is 29.0 Å². The molecule has 5 nitrogen and oxygen atoms in total. The highest BCUT2D eigenvalue weighted by Crippen LogP contribution is 2.37. The predicted molar refractivity (Wildman–Crippen MR) is 97.9 cm³/mol. The lowest BCUT2D eigenvalue weighted by Crippen LogP contribution is -2.08. The maximum atomic E-state index is 13.3. The first-order valence-electron chi connectivity index (χ1n) is 6.39. The number of pyridine rings is 1. The molecule has 3 rings (SSSR count). The fourth-order valence-corrected chi connectivity index (χ4v) is 2.67. The zero-order valence-electron chi connectivity index (χ0n) is 12.4. The monoisotopic (exact) mass is 500 g/mol. The number of imidazole rings is 1. The third-order valence-corrected chi connectivity index (χ3v) is 3.79. The van der Waals surface area contributed by atoms with E-state index >= 15 is 0 Å². The molecule has 0 bridgehead atoms. The smallest absolute Gasteiger partial charge is 0.420 e. The van der Waals surface area contributed by atoms with Crippen molar-refractivity contribution in [3.05, 3.63) is 46.2 Å². The zero-order valence-corrected chi connectivity index (χ0v) is 17.0. The number of fused-ring (bicyclic) bond motifs is 1. The van der Waals surface area contributed by atoms with E-state index < -0.39 is 37.5 Å². The van der Waals surface area contributed by atoms with Crippen LogP contribution in [0.4, 0.5) is 13.2 Å². The van der Waals surface area contributed by atoms with Crippen molar-refractivity contribution in [1.82, 2.24) is 9.38 Å². The summed E-state index contributed by atoms with van der Waals surface area (Å²) in [4.78, 5) is 14.8. The van der Waals surface area contributed by atoms with Crippen LogP contribution in [0, 0.1) is 0 Å². The van der Waals surface area contributed by atoms with Crippen LogP contribution in [0.3, 0.4) is 0 Å². The Hall–Kier alpha value is -0.970. The van der Waals surface area contributed by atoms with Gasteiger partial charge in [-0.05, 0) is 29.3 Å². The van der Waals surface area contributed by atoms with Crippen LogP contribution in [-0.4, -0.2) is 18.8 Å². The Balaban J connectivity index is 0.000000596. The van der Waals surface area contributed by atoms with Gasteiger partial charge in [-0.3, -0.25) is 9.20 Å². The molecule has 0 atom stereocenters. The molecule has 14 heteroatoms. The van der Waals surface area contributed by atoms with E-state index in [-0.39, 0.29) is 15.9 Å². The second-order valence-corrected chi connectivity index (χ2v) is 8.28. The molecule has 146 valence electrons. The largest absolute Gasteiger partial charge is 0.452 e. The van der Waals surface area contributed by atoms with Gasteiger partial charge in [-0.25, -0.2) is 9.19 Å². The Bertz CT molecular complexity index is 1030. The summed E-state index contributed by atoms with van der Waals surface area (Å²) in [5, 5.41) is -1.36. The summed E-state index contributed by atoms with van der Waals surface area (Å²) < 4.78 is 54.8. The molecule has 0 unspecified atom stereocenters. The Labute approximate surface area is 175 Å². The van der Waals surface area contributed by atoms with Gasteiger partial charge in [-0.1, -0.05) is 11.6 Å². The Morgan fingerprint density at radius 1 is 1.19 bits per heavy atom. The highest BCUT2D eigenvalue weighted by Gasteiger charge is 2.36. The highest BCUT2D eigenvalue weighted by molar-refractivity contribution is 8.26. The summed E-state index contributed by atoms with van der Waals surface area (Å²) in [7, 11) is 7.36. The van der Waals surface area contributed by atoms with E-state index in [0.717, 1.165) is 10.5 Å². The minimum Gasteiger partial charge on any atom is -0.452 e. The lowest BCUT2D eigenvalue weighted by atomic mass is 10.1. The van der Waals surface area contributed by atoms with Crippen molar-refractivity contribution in [2.75, 3.05) is 0 Å². The topological polar surface area (TPSA) is 64.6 Å². The third-order valence-electron chi connectivity index (χ3n) is 3.05. The van der Waals surface area contributed by atoms with Crippen LogP contribution < -0.4 is 0 Å². The number of halogens is 8. The molecule has 3 heterocycles. The minimum absolute atomic E-state index is 0.0157. The van der Waals surface area contributed by atoms with E-state index in [4.69, 9.17) is 43.4 Å². The van der Waals surface area contributed by atoms with Crippen molar-refractivity contribution < 1.29 is 26.6 Å². The van der Waals surface area contributed by atoms with Crippen molar-refractivity contribution in [3.63, 3.8) is 0 Å². The van der Waals surface area contributed by atoms with E-state index in [0.29, 0.717) is 5.56 Å². The standard InChI is InChI=1S/C13H4Cl3F3N2O2.Cl2OS/c14-8-2-6(4-23-8)5-1-7(13(17,18)19)12-20-9(11(16)22)10(15)21(12)3-5;1-4(2)3/h1-4H;. The number of rotatable bonds is 2. The van der Waals surface area contributed by atoms with E-state index in [1.54, 1.807) is 0 Å². The van der Waals surface area contributed by atoms with E-state index in [1.165, 1.54) is 18.5 Å². The van der Waals surface area contributed by atoms with Gasteiger partial charge in [0, 0.05) is 44.8 Å². The van der Waals surface area contributed by atoms with Crippen LogP contribution in [0.25, 0.3) is 16.8 Å². The molecule has 0 saturated carbocycles. The molecule has 0 spiro atoms. The molecule has 0 amide bonds. The zero-order chi connectivity index (χ0) is 20.5. The van der Waals surface area contributed by atoms with Crippen LogP contribution in [-0.2, 0) is 15.4 Å². The van der Waals surface area contributed by atoms with Crippen LogP contribution in [0.5, 0.6) is 0 Å². The molecule has 0 fully saturated rings. The Morgan fingerprint density at radius 3 is 2.22 bits per heavy atom. The maximum Gasteiger partial charge on any atom is 0.420 e. The van der Waals surface area contributed by atoms with Crippen LogP contribution in [0.1, 0.15) is 16.1 Å². The molecule has 0 saturated heterocycles. The maximum absolute atomic E-state index is 13.3. The van der Waals surface area contributed by atoms with Crippen molar-refractivity contribution in [2.24, 2.45) is 0 Å². The summed E-state index contributed by atoms with van der Waals surface area (Å²) in [5.41, 5.74) is -1.61. The highest BCUT2D eigenvalue weighted by atomic mass is 36.0. The van der Waals surface area contributed by atoms with Crippen molar-refractivity contribution >= 4 is 76.3 Å². The minimum atomic E-state index is -4.72. The lowest BCUT2D eigenvalue weighted by Gasteiger charge is -2.10. The first kappa shape index (κ1) is 22.3. The van der Waals surface area contributed by atoms with E-state index in [9.17, 15) is 18.0 Å². The van der Waals surface area contributed by atoms with Crippen molar-refractivity contribution in [3.8, 4) is 11.1 Å². The number of carbonyl (C=O) groups is 1. The average molecular weight is 503 g/mol. The molecule has 0 radical (unpaired) electrons. The van der Waals surface area contributed by atoms with E-state index in [2.05, 4.69) is 26.3 Å². The number of aromatic nitrogens is 2. The molecule has 0 aliphatic heterocycles. The molecule has 3 aromatic heterocycles. The van der Waals surface area contributed by atoms with Gasteiger partial charge in [0.25, 0.3) is 5.24 Å². The number of hydrogen-bond acceptors (Lipinski definition) is 4. The summed E-state index contributed by atoms with van der Waals surface area (Å²) in [5.74, 6) is 0. The number of alkyl halides is 3. The molecule has 0 aromatic carbocycles. The van der Waals surface area contributed by atoms with Gasteiger partial charge in [-0.2, -0.15) is 13.2 Å². The second-order valence-electron chi connectivity index (χ2n) is 4.68. The van der Waals surface area contributed by atoms with E-state index in [1.807, 2.05) is 0 Å². The van der Waals surface area contributed by atoms with Gasteiger partial charge in [-0.15, -0.1) is 0 Å². The Kier molecular flexibility index (Phi) is 7.10.